The number of hydrogen-bond donors (Lipinski definition) is 3. The van der Waals surface area contributed by atoms with Crippen molar-refractivity contribution >= 4 is 23.4 Å². The fraction of sp³-hybridized carbons (Fsp3) is 0.375. The highest BCUT2D eigenvalue weighted by molar-refractivity contribution is 7.99. The smallest absolute Gasteiger partial charge is 0.129 e. The number of methoxy groups -OCH3 is 1. The van der Waals surface area contributed by atoms with Crippen molar-refractivity contribution < 1.29 is 9.84 Å². The number of aliphatic hydroxyl groups is 1. The van der Waals surface area contributed by atoms with E-state index in [1.165, 1.54) is 5.56 Å². The minimum atomic E-state index is 0.164. The highest BCUT2D eigenvalue weighted by Gasteiger charge is 2.21. The largest absolute Gasteiger partial charge is 0.496 e. The zero-order valence-electron chi connectivity index (χ0n) is 18.8. The maximum absolute atomic E-state index is 8.88. The van der Waals surface area contributed by atoms with Crippen molar-refractivity contribution in [1.82, 2.24) is 15.0 Å². The molecule has 3 rings (SSSR count). The average molecular weight is 454 g/mol. The first-order valence-corrected chi connectivity index (χ1v) is 12.0. The van der Waals surface area contributed by atoms with E-state index < -0.39 is 0 Å². The third-order valence-electron chi connectivity index (χ3n) is 5.34. The molecule has 170 valence electrons. The van der Waals surface area contributed by atoms with Gasteiger partial charge in [0, 0.05) is 42.8 Å². The number of pyridine rings is 1. The number of aromatic nitrogens is 3. The van der Waals surface area contributed by atoms with E-state index in [4.69, 9.17) is 9.84 Å². The lowest BCUT2D eigenvalue weighted by molar-refractivity contribution is 0.292. The minimum Gasteiger partial charge on any atom is -0.496 e. The molecule has 3 N–H and O–H groups in total. The fourth-order valence-corrected chi connectivity index (χ4v) is 4.27. The lowest BCUT2D eigenvalue weighted by atomic mass is 9.96. The summed E-state index contributed by atoms with van der Waals surface area (Å²) in [7, 11) is 1.72. The van der Waals surface area contributed by atoms with Crippen LogP contribution in [0.4, 0.5) is 11.6 Å². The predicted octanol–water partition coefficient (Wildman–Crippen LogP) is 4.29. The Morgan fingerprint density at radius 1 is 1.06 bits per heavy atom. The van der Waals surface area contributed by atoms with E-state index in [2.05, 4.69) is 50.9 Å². The number of nitrogens with one attached hydrogen (secondary N) is 2. The van der Waals surface area contributed by atoms with Gasteiger partial charge in [0.25, 0.3) is 0 Å². The van der Waals surface area contributed by atoms with Gasteiger partial charge >= 0.3 is 0 Å². The van der Waals surface area contributed by atoms with Crippen molar-refractivity contribution in [1.29, 1.82) is 0 Å². The van der Waals surface area contributed by atoms with Crippen LogP contribution in [0.25, 0.3) is 11.3 Å². The number of ether oxygens (including phenoxy) is 1. The molecule has 8 heteroatoms. The Morgan fingerprint density at radius 3 is 2.62 bits per heavy atom. The first-order chi connectivity index (χ1) is 15.7. The molecule has 1 unspecified atom stereocenters. The molecule has 0 aliphatic carbocycles. The van der Waals surface area contributed by atoms with Gasteiger partial charge in [0.2, 0.25) is 0 Å². The lowest BCUT2D eigenvalue weighted by Crippen LogP contribution is -2.23. The summed E-state index contributed by atoms with van der Waals surface area (Å²) in [6.07, 6.45) is 6.19. The molecule has 2 atom stereocenters. The zero-order chi connectivity index (χ0) is 22.8. The number of para-hydroxylation sites is 1. The Bertz CT molecular complexity index is 971. The van der Waals surface area contributed by atoms with Gasteiger partial charge < -0.3 is 20.5 Å². The van der Waals surface area contributed by atoms with E-state index in [1.54, 1.807) is 19.6 Å². The van der Waals surface area contributed by atoms with Crippen LogP contribution in [0.5, 0.6) is 5.75 Å². The maximum Gasteiger partial charge on any atom is 0.129 e. The second kappa shape index (κ2) is 12.3. The van der Waals surface area contributed by atoms with E-state index in [0.717, 1.165) is 35.2 Å². The predicted molar refractivity (Wildman–Crippen MR) is 133 cm³/mol. The van der Waals surface area contributed by atoms with Crippen LogP contribution in [0.15, 0.2) is 55.0 Å². The quantitative estimate of drug-likeness (QED) is 0.350. The van der Waals surface area contributed by atoms with Crippen molar-refractivity contribution in [2.45, 2.75) is 24.5 Å². The molecule has 0 aliphatic heterocycles. The normalized spacial score (nSPS) is 12.8. The van der Waals surface area contributed by atoms with Gasteiger partial charge in [-0.2, -0.15) is 11.8 Å². The molecule has 0 saturated heterocycles. The van der Waals surface area contributed by atoms with Crippen LogP contribution in [0, 0.1) is 0 Å². The molecule has 2 heterocycles. The van der Waals surface area contributed by atoms with Gasteiger partial charge in [-0.3, -0.25) is 0 Å². The SMILES string of the molecule is COc1ccccc1[C@H](C)C(CNc1cc(-c2ccc(NCCCO)nc2)ncn1)SC. The molecular formula is C24H31N5O2S. The van der Waals surface area contributed by atoms with E-state index in [0.29, 0.717) is 24.1 Å². The molecule has 0 fully saturated rings. The Labute approximate surface area is 194 Å². The second-order valence-electron chi connectivity index (χ2n) is 7.41. The standard InChI is InChI=1S/C24H31N5O2S/c1-17(19-7-4-5-8-21(19)31-2)22(32-3)15-27-24-13-20(28-16-29-24)18-9-10-23(26-14-18)25-11-6-12-30/h4-5,7-10,13-14,16-17,22,30H,6,11-12,15H2,1-3H3,(H,25,26)(H,27,28,29)/t17-,22?/m0/s1. The van der Waals surface area contributed by atoms with Crippen LogP contribution >= 0.6 is 11.8 Å². The molecular weight excluding hydrogens is 422 g/mol. The highest BCUT2D eigenvalue weighted by atomic mass is 32.2. The number of nitrogens with zero attached hydrogens (tertiary/aromatic N) is 3. The highest BCUT2D eigenvalue weighted by Crippen LogP contribution is 2.33. The molecule has 32 heavy (non-hydrogen) atoms. The number of anilines is 2. The molecule has 0 spiro atoms. The van der Waals surface area contributed by atoms with Gasteiger partial charge in [-0.15, -0.1) is 0 Å². The lowest BCUT2D eigenvalue weighted by Gasteiger charge is -2.24. The Kier molecular flexibility index (Phi) is 9.13. The summed E-state index contributed by atoms with van der Waals surface area (Å²) in [6.45, 7) is 3.85. The molecule has 7 nitrogen and oxygen atoms in total. The summed E-state index contributed by atoms with van der Waals surface area (Å²) in [5, 5.41) is 15.9. The molecule has 2 aromatic heterocycles. The summed E-state index contributed by atoms with van der Waals surface area (Å²) in [6, 6.07) is 14.0. The van der Waals surface area contributed by atoms with Gasteiger partial charge in [0.1, 0.15) is 23.7 Å². The first kappa shape index (κ1) is 23.8. The summed E-state index contributed by atoms with van der Waals surface area (Å²) >= 11 is 1.83. The fourth-order valence-electron chi connectivity index (χ4n) is 3.47. The minimum absolute atomic E-state index is 0.164. The van der Waals surface area contributed by atoms with E-state index >= 15 is 0 Å². The van der Waals surface area contributed by atoms with Crippen molar-refractivity contribution in [3.8, 4) is 17.0 Å². The van der Waals surface area contributed by atoms with Crippen LogP contribution < -0.4 is 15.4 Å². The van der Waals surface area contributed by atoms with Gasteiger partial charge in [-0.1, -0.05) is 25.1 Å². The second-order valence-corrected chi connectivity index (χ2v) is 8.49. The van der Waals surface area contributed by atoms with Gasteiger partial charge in [-0.05, 0) is 42.4 Å². The molecule has 3 aromatic rings. The first-order valence-electron chi connectivity index (χ1n) is 10.7. The molecule has 0 aliphatic rings. The van der Waals surface area contributed by atoms with Crippen LogP contribution in [0.2, 0.25) is 0 Å². The van der Waals surface area contributed by atoms with Crippen LogP contribution in [-0.2, 0) is 0 Å². The number of hydrogen-bond acceptors (Lipinski definition) is 8. The van der Waals surface area contributed by atoms with Crippen molar-refractivity contribution in [2.75, 3.05) is 43.7 Å². The van der Waals surface area contributed by atoms with E-state index in [1.807, 2.05) is 42.1 Å². The maximum atomic E-state index is 8.88. The molecule has 0 amide bonds. The van der Waals surface area contributed by atoms with E-state index in [9.17, 15) is 0 Å². The third kappa shape index (κ3) is 6.34. The van der Waals surface area contributed by atoms with E-state index in [-0.39, 0.29) is 6.61 Å². The number of rotatable bonds is 12. The third-order valence-corrected chi connectivity index (χ3v) is 6.52. The summed E-state index contributed by atoms with van der Waals surface area (Å²) < 4.78 is 5.55. The molecule has 0 radical (unpaired) electrons. The van der Waals surface area contributed by atoms with Crippen LogP contribution in [-0.4, -0.2) is 58.4 Å². The Balaban J connectivity index is 1.65. The van der Waals surface area contributed by atoms with Crippen molar-refractivity contribution in [3.05, 3.63) is 60.6 Å². The van der Waals surface area contributed by atoms with Crippen LogP contribution in [0.1, 0.15) is 24.8 Å². The van der Waals surface area contributed by atoms with Gasteiger partial charge in [0.15, 0.2) is 0 Å². The molecule has 0 bridgehead atoms. The Hall–Kier alpha value is -2.84. The van der Waals surface area contributed by atoms with Gasteiger partial charge in [-0.25, -0.2) is 15.0 Å². The molecule has 1 aromatic carbocycles. The van der Waals surface area contributed by atoms with Gasteiger partial charge in [0.05, 0.1) is 12.8 Å². The number of thioether (sulfide) groups is 1. The summed E-state index contributed by atoms with van der Waals surface area (Å²) in [5.41, 5.74) is 2.95. The summed E-state index contributed by atoms with van der Waals surface area (Å²) in [5.74, 6) is 2.80. The molecule has 0 saturated carbocycles. The van der Waals surface area contributed by atoms with Crippen molar-refractivity contribution in [3.63, 3.8) is 0 Å². The average Bonchev–Trinajstić information content (AvgIpc) is 2.85. The Morgan fingerprint density at radius 2 is 1.91 bits per heavy atom. The van der Waals surface area contributed by atoms with Crippen LogP contribution in [0.3, 0.4) is 0 Å². The number of benzene rings is 1. The monoisotopic (exact) mass is 453 g/mol. The summed E-state index contributed by atoms with van der Waals surface area (Å²) in [4.78, 5) is 13.2. The topological polar surface area (TPSA) is 92.2 Å². The zero-order valence-corrected chi connectivity index (χ0v) is 19.6. The van der Waals surface area contributed by atoms with Crippen molar-refractivity contribution in [2.24, 2.45) is 0 Å². The number of aliphatic hydroxyl groups excluding tert-OH is 1.